The number of furan rings is 1. The zero-order valence-corrected chi connectivity index (χ0v) is 10.7. The molecule has 7 nitrogen and oxygen atoms in total. The Kier molecular flexibility index (Phi) is 2.86. The molecule has 0 aliphatic carbocycles. The van der Waals surface area contributed by atoms with Gasteiger partial charge in [-0.2, -0.15) is 10.2 Å². The van der Waals surface area contributed by atoms with Crippen molar-refractivity contribution in [3.63, 3.8) is 0 Å². The fourth-order valence-corrected chi connectivity index (χ4v) is 1.89. The zero-order chi connectivity index (χ0) is 14.1. The third kappa shape index (κ3) is 2.33. The fraction of sp³-hybridized carbons (Fsp3) is 0.154. The molecule has 0 aromatic carbocycles. The molecule has 0 aliphatic heterocycles. The summed E-state index contributed by atoms with van der Waals surface area (Å²) in [6, 6.07) is 4.94. The monoisotopic (exact) mass is 272 g/mol. The van der Waals surface area contributed by atoms with Gasteiger partial charge in [-0.1, -0.05) is 0 Å². The Balaban J connectivity index is 1.78. The molecular formula is C13H12N4O3. The SMILES string of the molecule is Cn1cc(-c2ccn(Cc3ccc(C(=O)O)o3)n2)cn1. The molecule has 7 heteroatoms. The van der Waals surface area contributed by atoms with Crippen molar-refractivity contribution < 1.29 is 14.3 Å². The van der Waals surface area contributed by atoms with Gasteiger partial charge < -0.3 is 9.52 Å². The standard InChI is InChI=1S/C13H12N4O3/c1-16-7-9(6-14-16)11-4-5-17(15-11)8-10-2-3-12(20-10)13(18)19/h2-7H,8H2,1H3,(H,18,19). The van der Waals surface area contributed by atoms with Crippen LogP contribution in [0, 0.1) is 0 Å². The summed E-state index contributed by atoms with van der Waals surface area (Å²) in [6.07, 6.45) is 5.43. The number of carbonyl (C=O) groups is 1. The Bertz CT molecular complexity index is 753. The minimum absolute atomic E-state index is 0.0698. The number of hydrogen-bond acceptors (Lipinski definition) is 4. The first-order chi connectivity index (χ1) is 9.61. The van der Waals surface area contributed by atoms with E-state index in [0.717, 1.165) is 11.3 Å². The molecule has 3 rings (SSSR count). The normalized spacial score (nSPS) is 10.8. The van der Waals surface area contributed by atoms with Gasteiger partial charge in [0.25, 0.3) is 0 Å². The van der Waals surface area contributed by atoms with Crippen LogP contribution in [0.2, 0.25) is 0 Å². The average molecular weight is 272 g/mol. The topological polar surface area (TPSA) is 86.1 Å². The molecule has 0 radical (unpaired) electrons. The van der Waals surface area contributed by atoms with Crippen molar-refractivity contribution in [2.24, 2.45) is 7.05 Å². The van der Waals surface area contributed by atoms with E-state index in [4.69, 9.17) is 9.52 Å². The van der Waals surface area contributed by atoms with E-state index in [1.807, 2.05) is 25.5 Å². The van der Waals surface area contributed by atoms with Gasteiger partial charge in [-0.05, 0) is 18.2 Å². The van der Waals surface area contributed by atoms with Gasteiger partial charge in [-0.3, -0.25) is 9.36 Å². The molecule has 0 saturated heterocycles. The van der Waals surface area contributed by atoms with Crippen molar-refractivity contribution in [1.82, 2.24) is 19.6 Å². The molecule has 20 heavy (non-hydrogen) atoms. The predicted octanol–water partition coefficient (Wildman–Crippen LogP) is 1.62. The molecule has 3 aromatic heterocycles. The Hall–Kier alpha value is -2.83. The minimum Gasteiger partial charge on any atom is -0.475 e. The van der Waals surface area contributed by atoms with E-state index in [1.165, 1.54) is 6.07 Å². The van der Waals surface area contributed by atoms with Crippen molar-refractivity contribution in [3.8, 4) is 11.3 Å². The lowest BCUT2D eigenvalue weighted by Crippen LogP contribution is -1.99. The van der Waals surface area contributed by atoms with E-state index < -0.39 is 5.97 Å². The van der Waals surface area contributed by atoms with Crippen LogP contribution in [-0.4, -0.2) is 30.6 Å². The number of nitrogens with zero attached hydrogens (tertiary/aromatic N) is 4. The summed E-state index contributed by atoms with van der Waals surface area (Å²) in [5, 5.41) is 17.3. The Labute approximate surface area is 114 Å². The summed E-state index contributed by atoms with van der Waals surface area (Å²) < 4.78 is 8.59. The number of hydrogen-bond donors (Lipinski definition) is 1. The van der Waals surface area contributed by atoms with Crippen molar-refractivity contribution in [1.29, 1.82) is 0 Å². The third-order valence-corrected chi connectivity index (χ3v) is 2.83. The van der Waals surface area contributed by atoms with Gasteiger partial charge >= 0.3 is 5.97 Å². The van der Waals surface area contributed by atoms with Gasteiger partial charge in [0.15, 0.2) is 0 Å². The number of carboxylic acid groups (broad SMARTS) is 1. The Morgan fingerprint density at radius 3 is 2.90 bits per heavy atom. The smallest absolute Gasteiger partial charge is 0.371 e. The maximum atomic E-state index is 10.7. The van der Waals surface area contributed by atoms with E-state index in [0.29, 0.717) is 12.3 Å². The lowest BCUT2D eigenvalue weighted by atomic mass is 10.3. The van der Waals surface area contributed by atoms with E-state index in [9.17, 15) is 4.79 Å². The first-order valence-corrected chi connectivity index (χ1v) is 5.96. The molecule has 1 N–H and O–H groups in total. The first-order valence-electron chi connectivity index (χ1n) is 5.96. The number of aryl methyl sites for hydroxylation is 1. The third-order valence-electron chi connectivity index (χ3n) is 2.83. The summed E-state index contributed by atoms with van der Waals surface area (Å²) in [7, 11) is 1.84. The predicted molar refractivity (Wildman–Crippen MR) is 69.2 cm³/mol. The lowest BCUT2D eigenvalue weighted by Gasteiger charge is -1.97. The summed E-state index contributed by atoms with van der Waals surface area (Å²) >= 11 is 0. The van der Waals surface area contributed by atoms with Crippen LogP contribution in [-0.2, 0) is 13.6 Å². The average Bonchev–Trinajstić information content (AvgIpc) is 3.09. The molecule has 102 valence electrons. The summed E-state index contributed by atoms with van der Waals surface area (Å²) in [6.45, 7) is 0.382. The fourth-order valence-electron chi connectivity index (χ4n) is 1.89. The van der Waals surface area contributed by atoms with Crippen LogP contribution in [0.25, 0.3) is 11.3 Å². The molecule has 3 aromatic rings. The van der Waals surface area contributed by atoms with Crippen LogP contribution in [0.3, 0.4) is 0 Å². The first kappa shape index (κ1) is 12.2. The summed E-state index contributed by atoms with van der Waals surface area (Å²) in [4.78, 5) is 10.7. The van der Waals surface area contributed by atoms with Gasteiger partial charge in [0.2, 0.25) is 5.76 Å². The van der Waals surface area contributed by atoms with E-state index >= 15 is 0 Å². The summed E-state index contributed by atoms with van der Waals surface area (Å²) in [5.74, 6) is -0.601. The highest BCUT2D eigenvalue weighted by Gasteiger charge is 2.10. The molecule has 3 heterocycles. The molecule has 0 atom stereocenters. The second-order valence-corrected chi connectivity index (χ2v) is 4.37. The minimum atomic E-state index is -1.08. The maximum absolute atomic E-state index is 10.7. The van der Waals surface area contributed by atoms with E-state index in [-0.39, 0.29) is 5.76 Å². The van der Waals surface area contributed by atoms with E-state index in [2.05, 4.69) is 10.2 Å². The van der Waals surface area contributed by atoms with Crippen LogP contribution in [0.5, 0.6) is 0 Å². The highest BCUT2D eigenvalue weighted by atomic mass is 16.4. The van der Waals surface area contributed by atoms with Crippen LogP contribution in [0.1, 0.15) is 16.3 Å². The zero-order valence-electron chi connectivity index (χ0n) is 10.7. The van der Waals surface area contributed by atoms with Crippen LogP contribution in [0.4, 0.5) is 0 Å². The quantitative estimate of drug-likeness (QED) is 0.780. The number of aromatic carboxylic acids is 1. The second kappa shape index (κ2) is 4.69. The number of aromatic nitrogens is 4. The van der Waals surface area contributed by atoms with Gasteiger partial charge in [0, 0.05) is 25.0 Å². The van der Waals surface area contributed by atoms with Gasteiger partial charge in [0.05, 0.1) is 18.4 Å². The largest absolute Gasteiger partial charge is 0.475 e. The van der Waals surface area contributed by atoms with Crippen molar-refractivity contribution in [3.05, 3.63) is 48.3 Å². The number of rotatable bonds is 4. The van der Waals surface area contributed by atoms with Gasteiger partial charge in [-0.15, -0.1) is 0 Å². The maximum Gasteiger partial charge on any atom is 0.371 e. The van der Waals surface area contributed by atoms with Crippen molar-refractivity contribution in [2.45, 2.75) is 6.54 Å². The molecule has 0 spiro atoms. The summed E-state index contributed by atoms with van der Waals surface area (Å²) in [5.41, 5.74) is 1.74. The molecule has 0 saturated carbocycles. The second-order valence-electron chi connectivity index (χ2n) is 4.37. The molecule has 0 aliphatic rings. The molecular weight excluding hydrogens is 260 g/mol. The van der Waals surface area contributed by atoms with Gasteiger partial charge in [-0.25, -0.2) is 4.79 Å². The number of carboxylic acids is 1. The highest BCUT2D eigenvalue weighted by Crippen LogP contribution is 2.16. The lowest BCUT2D eigenvalue weighted by molar-refractivity contribution is 0.0660. The van der Waals surface area contributed by atoms with Crippen LogP contribution in [0.15, 0.2) is 41.2 Å². The van der Waals surface area contributed by atoms with Crippen molar-refractivity contribution >= 4 is 5.97 Å². The van der Waals surface area contributed by atoms with Crippen LogP contribution >= 0.6 is 0 Å². The van der Waals surface area contributed by atoms with Gasteiger partial charge in [0.1, 0.15) is 5.76 Å². The molecule has 0 bridgehead atoms. The Morgan fingerprint density at radius 1 is 1.40 bits per heavy atom. The van der Waals surface area contributed by atoms with E-state index in [1.54, 1.807) is 21.6 Å². The molecule has 0 amide bonds. The highest BCUT2D eigenvalue weighted by molar-refractivity contribution is 5.84. The Morgan fingerprint density at radius 2 is 2.25 bits per heavy atom. The van der Waals surface area contributed by atoms with Crippen LogP contribution < -0.4 is 0 Å². The van der Waals surface area contributed by atoms with Crippen molar-refractivity contribution in [2.75, 3.05) is 0 Å². The molecule has 0 fully saturated rings. The molecule has 0 unspecified atom stereocenters.